The smallest absolute Gasteiger partial charge is 0.223 e. The van der Waals surface area contributed by atoms with E-state index in [9.17, 15) is 0 Å². The Bertz CT molecular complexity index is 380. The molecule has 2 unspecified atom stereocenters. The zero-order chi connectivity index (χ0) is 12.3. The topological polar surface area (TPSA) is 102 Å². The predicted molar refractivity (Wildman–Crippen MR) is 69.3 cm³/mol. The van der Waals surface area contributed by atoms with Crippen LogP contribution in [0.3, 0.4) is 0 Å². The summed E-state index contributed by atoms with van der Waals surface area (Å²) in [6.07, 6.45) is 5.03. The molecule has 1 heterocycles. The van der Waals surface area contributed by atoms with Crippen LogP contribution in [-0.4, -0.2) is 16.0 Å². The van der Waals surface area contributed by atoms with Crippen LogP contribution in [-0.2, 0) is 0 Å². The summed E-state index contributed by atoms with van der Waals surface area (Å²) in [6, 6.07) is 2.24. The van der Waals surface area contributed by atoms with Crippen molar-refractivity contribution in [2.75, 3.05) is 16.5 Å². The molecule has 0 radical (unpaired) electrons. The number of nitrogen functional groups attached to an aromatic ring is 2. The van der Waals surface area contributed by atoms with Crippen molar-refractivity contribution in [2.45, 2.75) is 38.6 Å². The number of rotatable bonds is 3. The molecule has 0 aliphatic heterocycles. The predicted octanol–water partition coefficient (Wildman–Crippen LogP) is 1.33. The lowest BCUT2D eigenvalue weighted by Crippen LogP contribution is -2.30. The van der Waals surface area contributed by atoms with Gasteiger partial charge in [0.05, 0.1) is 0 Å². The SMILES string of the molecule is CC1CCCCC1Nc1cc(NN)nc(N)n1. The van der Waals surface area contributed by atoms with E-state index < -0.39 is 0 Å². The second-order valence-corrected chi connectivity index (χ2v) is 4.65. The molecule has 6 heteroatoms. The number of hydrogen-bond acceptors (Lipinski definition) is 6. The van der Waals surface area contributed by atoms with E-state index in [1.54, 1.807) is 6.07 Å². The third-order valence-corrected chi connectivity index (χ3v) is 3.34. The van der Waals surface area contributed by atoms with Crippen molar-refractivity contribution in [1.82, 2.24) is 9.97 Å². The van der Waals surface area contributed by atoms with Gasteiger partial charge in [-0.2, -0.15) is 9.97 Å². The van der Waals surface area contributed by atoms with Crippen LogP contribution < -0.4 is 22.3 Å². The number of nitrogens with two attached hydrogens (primary N) is 2. The molecule has 1 aliphatic carbocycles. The van der Waals surface area contributed by atoms with Gasteiger partial charge in [0.15, 0.2) is 0 Å². The Morgan fingerprint density at radius 3 is 2.65 bits per heavy atom. The number of hydrazine groups is 1. The van der Waals surface area contributed by atoms with Crippen LogP contribution >= 0.6 is 0 Å². The Labute approximate surface area is 101 Å². The maximum absolute atomic E-state index is 5.62. The van der Waals surface area contributed by atoms with Gasteiger partial charge >= 0.3 is 0 Å². The normalized spacial score (nSPS) is 24.4. The molecule has 0 bridgehead atoms. The third kappa shape index (κ3) is 2.97. The first-order valence-corrected chi connectivity index (χ1v) is 6.06. The number of hydrogen-bond donors (Lipinski definition) is 4. The van der Waals surface area contributed by atoms with Crippen molar-refractivity contribution in [1.29, 1.82) is 0 Å². The van der Waals surface area contributed by atoms with E-state index in [-0.39, 0.29) is 5.95 Å². The standard InChI is InChI=1S/C11H20N6/c1-7-4-2-3-5-8(7)14-9-6-10(17-13)16-11(12)15-9/h6-8H,2-5,13H2,1H3,(H4,12,14,15,16,17). The minimum atomic E-state index is 0.228. The average molecular weight is 236 g/mol. The van der Waals surface area contributed by atoms with Gasteiger partial charge in [0.1, 0.15) is 11.6 Å². The lowest BCUT2D eigenvalue weighted by molar-refractivity contribution is 0.349. The molecule has 1 fully saturated rings. The fourth-order valence-electron chi connectivity index (χ4n) is 2.33. The highest BCUT2D eigenvalue weighted by molar-refractivity contribution is 5.50. The Morgan fingerprint density at radius 1 is 1.24 bits per heavy atom. The summed E-state index contributed by atoms with van der Waals surface area (Å²) in [6.45, 7) is 2.27. The molecule has 0 spiro atoms. The summed E-state index contributed by atoms with van der Waals surface area (Å²) >= 11 is 0. The second kappa shape index (κ2) is 5.18. The molecule has 94 valence electrons. The number of nitrogens with zero attached hydrogens (tertiary/aromatic N) is 2. The minimum Gasteiger partial charge on any atom is -0.368 e. The van der Waals surface area contributed by atoms with Crippen LogP contribution in [0.4, 0.5) is 17.6 Å². The first-order valence-electron chi connectivity index (χ1n) is 6.06. The molecule has 1 aromatic rings. The van der Waals surface area contributed by atoms with Crippen LogP contribution in [0.25, 0.3) is 0 Å². The van der Waals surface area contributed by atoms with E-state index >= 15 is 0 Å². The molecule has 6 nitrogen and oxygen atoms in total. The summed E-state index contributed by atoms with van der Waals surface area (Å²) in [5, 5.41) is 3.42. The summed E-state index contributed by atoms with van der Waals surface area (Å²) in [7, 11) is 0. The van der Waals surface area contributed by atoms with E-state index in [0.717, 1.165) is 5.82 Å². The zero-order valence-corrected chi connectivity index (χ0v) is 10.1. The van der Waals surface area contributed by atoms with Gasteiger partial charge in [-0.1, -0.05) is 19.8 Å². The molecule has 1 aromatic heterocycles. The summed E-state index contributed by atoms with van der Waals surface area (Å²) in [4.78, 5) is 8.13. The molecule has 1 saturated carbocycles. The summed E-state index contributed by atoms with van der Waals surface area (Å²) in [5.74, 6) is 7.48. The maximum Gasteiger partial charge on any atom is 0.223 e. The molecule has 2 atom stereocenters. The van der Waals surface area contributed by atoms with Crippen LogP contribution in [0.15, 0.2) is 6.07 Å². The van der Waals surface area contributed by atoms with Crippen LogP contribution in [0.1, 0.15) is 32.6 Å². The highest BCUT2D eigenvalue weighted by Crippen LogP contribution is 2.26. The van der Waals surface area contributed by atoms with Gasteiger partial charge in [-0.05, 0) is 18.8 Å². The molecule has 0 aromatic carbocycles. The minimum absolute atomic E-state index is 0.228. The van der Waals surface area contributed by atoms with Gasteiger partial charge < -0.3 is 16.5 Å². The van der Waals surface area contributed by atoms with Gasteiger partial charge in [0.2, 0.25) is 5.95 Å². The van der Waals surface area contributed by atoms with Gasteiger partial charge in [0, 0.05) is 12.1 Å². The molecular weight excluding hydrogens is 216 g/mol. The van der Waals surface area contributed by atoms with Crippen molar-refractivity contribution < 1.29 is 0 Å². The molecule has 6 N–H and O–H groups in total. The number of anilines is 3. The Kier molecular flexibility index (Phi) is 3.63. The van der Waals surface area contributed by atoms with Crippen molar-refractivity contribution in [3.8, 4) is 0 Å². The quantitative estimate of drug-likeness (QED) is 0.466. The van der Waals surface area contributed by atoms with E-state index in [1.807, 2.05) is 0 Å². The van der Waals surface area contributed by atoms with Gasteiger partial charge in [-0.3, -0.25) is 0 Å². The lowest BCUT2D eigenvalue weighted by Gasteiger charge is -2.30. The summed E-state index contributed by atoms with van der Waals surface area (Å²) < 4.78 is 0. The molecular formula is C11H20N6. The van der Waals surface area contributed by atoms with E-state index in [0.29, 0.717) is 17.8 Å². The molecule has 2 rings (SSSR count). The van der Waals surface area contributed by atoms with E-state index in [1.165, 1.54) is 25.7 Å². The highest BCUT2D eigenvalue weighted by Gasteiger charge is 2.21. The molecule has 0 saturated heterocycles. The van der Waals surface area contributed by atoms with Crippen molar-refractivity contribution >= 4 is 17.6 Å². The second-order valence-electron chi connectivity index (χ2n) is 4.65. The molecule has 17 heavy (non-hydrogen) atoms. The zero-order valence-electron chi connectivity index (χ0n) is 10.1. The van der Waals surface area contributed by atoms with Gasteiger partial charge in [-0.25, -0.2) is 5.84 Å². The highest BCUT2D eigenvalue weighted by atomic mass is 15.3. The first-order chi connectivity index (χ1) is 8.19. The summed E-state index contributed by atoms with van der Waals surface area (Å²) in [5.41, 5.74) is 8.10. The number of nitrogens with one attached hydrogen (secondary N) is 2. The van der Waals surface area contributed by atoms with Crippen molar-refractivity contribution in [3.63, 3.8) is 0 Å². The largest absolute Gasteiger partial charge is 0.368 e. The first kappa shape index (κ1) is 11.9. The van der Waals surface area contributed by atoms with Crippen molar-refractivity contribution in [3.05, 3.63) is 6.07 Å². The Balaban J connectivity index is 2.09. The van der Waals surface area contributed by atoms with E-state index in [4.69, 9.17) is 11.6 Å². The molecule has 1 aliphatic rings. The Hall–Kier alpha value is -1.56. The monoisotopic (exact) mass is 236 g/mol. The van der Waals surface area contributed by atoms with Crippen LogP contribution in [0.5, 0.6) is 0 Å². The van der Waals surface area contributed by atoms with Crippen LogP contribution in [0, 0.1) is 5.92 Å². The molecule has 0 amide bonds. The van der Waals surface area contributed by atoms with E-state index in [2.05, 4.69) is 27.6 Å². The maximum atomic E-state index is 5.62. The Morgan fingerprint density at radius 2 is 1.94 bits per heavy atom. The average Bonchev–Trinajstić information content (AvgIpc) is 2.31. The van der Waals surface area contributed by atoms with Gasteiger partial charge in [-0.15, -0.1) is 0 Å². The van der Waals surface area contributed by atoms with Crippen LogP contribution in [0.2, 0.25) is 0 Å². The fraction of sp³-hybridized carbons (Fsp3) is 0.636. The lowest BCUT2D eigenvalue weighted by atomic mass is 9.86. The van der Waals surface area contributed by atoms with Crippen molar-refractivity contribution in [2.24, 2.45) is 11.8 Å². The number of aromatic nitrogens is 2. The third-order valence-electron chi connectivity index (χ3n) is 3.34. The van der Waals surface area contributed by atoms with Gasteiger partial charge in [0.25, 0.3) is 0 Å². The fourth-order valence-corrected chi connectivity index (χ4v) is 2.33.